The van der Waals surface area contributed by atoms with E-state index in [0.717, 1.165) is 39.4 Å². The number of benzene rings is 3. The molecule has 0 bridgehead atoms. The van der Waals surface area contributed by atoms with Gasteiger partial charge >= 0.3 is 0 Å². The quantitative estimate of drug-likeness (QED) is 0.332. The molecule has 8 heteroatoms. The third kappa shape index (κ3) is 3.81. The Labute approximate surface area is 167 Å². The summed E-state index contributed by atoms with van der Waals surface area (Å²) in [6.45, 7) is 0. The van der Waals surface area contributed by atoms with Gasteiger partial charge in [0.2, 0.25) is 10.0 Å². The Balaban J connectivity index is 1.83. The van der Waals surface area contributed by atoms with E-state index in [1.807, 2.05) is 30.3 Å². The fraction of sp³-hybridized carbons (Fsp3) is 0.0500. The molecule has 4 aromatic rings. The highest BCUT2D eigenvalue weighted by Gasteiger charge is 2.11. The normalized spacial score (nSPS) is 11.6. The maximum Gasteiger partial charge on any atom is 0.229 e. The lowest BCUT2D eigenvalue weighted by Gasteiger charge is -2.14. The van der Waals surface area contributed by atoms with Gasteiger partial charge < -0.3 is 11.1 Å². The van der Waals surface area contributed by atoms with Gasteiger partial charge in [0.25, 0.3) is 0 Å². The van der Waals surface area contributed by atoms with Crippen LogP contribution in [0.4, 0.5) is 22.7 Å². The number of rotatable bonds is 4. The van der Waals surface area contributed by atoms with Crippen molar-refractivity contribution in [1.29, 1.82) is 0 Å². The van der Waals surface area contributed by atoms with E-state index < -0.39 is 10.0 Å². The number of fused-ring (bicyclic) bond motifs is 2. The van der Waals surface area contributed by atoms with Crippen molar-refractivity contribution >= 4 is 66.2 Å². The molecule has 0 amide bonds. The lowest BCUT2D eigenvalue weighted by Crippen LogP contribution is -2.09. The van der Waals surface area contributed by atoms with Crippen molar-refractivity contribution in [3.8, 4) is 0 Å². The standard InChI is InChI=1S/C20H17ClN4O2S/c1-28(26,27)25-15-6-4-14(5-7-15)23-20-16-8-2-12(21)10-19(16)24-18-9-3-13(22)11-17(18)20/h2-11,25H,22H2,1H3,(H,23,24). The first kappa shape index (κ1) is 18.3. The Kier molecular flexibility index (Phi) is 4.49. The average Bonchev–Trinajstić information content (AvgIpc) is 2.62. The number of sulfonamides is 1. The number of anilines is 4. The monoisotopic (exact) mass is 412 g/mol. The Bertz CT molecular complexity index is 1310. The molecule has 4 N–H and O–H groups in total. The lowest BCUT2D eigenvalue weighted by molar-refractivity contribution is 0.607. The van der Waals surface area contributed by atoms with Crippen LogP contribution >= 0.6 is 11.6 Å². The first-order valence-electron chi connectivity index (χ1n) is 8.42. The smallest absolute Gasteiger partial charge is 0.229 e. The van der Waals surface area contributed by atoms with Crippen molar-refractivity contribution in [1.82, 2.24) is 4.98 Å². The van der Waals surface area contributed by atoms with Crippen LogP contribution in [0.25, 0.3) is 21.8 Å². The number of hydrogen-bond acceptors (Lipinski definition) is 5. The van der Waals surface area contributed by atoms with Crippen LogP contribution < -0.4 is 15.8 Å². The third-order valence-electron chi connectivity index (χ3n) is 4.22. The molecule has 1 heterocycles. The van der Waals surface area contributed by atoms with Crippen LogP contribution in [-0.4, -0.2) is 19.7 Å². The highest BCUT2D eigenvalue weighted by atomic mass is 35.5. The highest BCUT2D eigenvalue weighted by Crippen LogP contribution is 2.35. The van der Waals surface area contributed by atoms with E-state index in [2.05, 4.69) is 15.0 Å². The summed E-state index contributed by atoms with van der Waals surface area (Å²) < 4.78 is 25.2. The Morgan fingerprint density at radius 2 is 1.61 bits per heavy atom. The van der Waals surface area contributed by atoms with Crippen LogP contribution in [0.1, 0.15) is 0 Å². The van der Waals surface area contributed by atoms with E-state index in [9.17, 15) is 8.42 Å². The van der Waals surface area contributed by atoms with Crippen molar-refractivity contribution in [2.24, 2.45) is 0 Å². The van der Waals surface area contributed by atoms with Crippen LogP contribution in [-0.2, 0) is 10.0 Å². The number of aromatic nitrogens is 1. The maximum absolute atomic E-state index is 11.4. The molecule has 0 aliphatic heterocycles. The fourth-order valence-electron chi connectivity index (χ4n) is 3.05. The largest absolute Gasteiger partial charge is 0.399 e. The van der Waals surface area contributed by atoms with Crippen LogP contribution in [0, 0.1) is 0 Å². The van der Waals surface area contributed by atoms with Gasteiger partial charge in [-0.2, -0.15) is 0 Å². The zero-order valence-corrected chi connectivity index (χ0v) is 16.5. The van der Waals surface area contributed by atoms with Gasteiger partial charge in [-0.1, -0.05) is 11.6 Å². The molecule has 4 rings (SSSR count). The Morgan fingerprint density at radius 3 is 2.32 bits per heavy atom. The molecule has 0 unspecified atom stereocenters. The van der Waals surface area contributed by atoms with E-state index in [1.54, 1.807) is 30.3 Å². The molecule has 0 saturated heterocycles. The van der Waals surface area contributed by atoms with Crippen molar-refractivity contribution in [2.45, 2.75) is 0 Å². The second-order valence-corrected chi connectivity index (χ2v) is 8.69. The summed E-state index contributed by atoms with van der Waals surface area (Å²) in [6.07, 6.45) is 1.12. The third-order valence-corrected chi connectivity index (χ3v) is 5.06. The Hall–Kier alpha value is -3.03. The van der Waals surface area contributed by atoms with Gasteiger partial charge in [0.05, 0.1) is 23.0 Å². The van der Waals surface area contributed by atoms with Crippen molar-refractivity contribution in [3.63, 3.8) is 0 Å². The minimum atomic E-state index is -3.32. The number of nitrogens with two attached hydrogens (primary N) is 1. The molecule has 0 spiro atoms. The predicted octanol–water partition coefficient (Wildman–Crippen LogP) is 4.74. The maximum atomic E-state index is 11.4. The second kappa shape index (κ2) is 6.85. The van der Waals surface area contributed by atoms with Crippen molar-refractivity contribution < 1.29 is 8.42 Å². The van der Waals surface area contributed by atoms with E-state index in [-0.39, 0.29) is 0 Å². The summed E-state index contributed by atoms with van der Waals surface area (Å²) in [7, 11) is -3.32. The molecule has 6 nitrogen and oxygen atoms in total. The molecule has 0 aliphatic rings. The summed E-state index contributed by atoms with van der Waals surface area (Å²) in [6, 6.07) is 18.1. The van der Waals surface area contributed by atoms with Gasteiger partial charge in [-0.15, -0.1) is 0 Å². The molecule has 0 fully saturated rings. The van der Waals surface area contributed by atoms with Gasteiger partial charge in [0, 0.05) is 32.9 Å². The minimum absolute atomic E-state index is 0.494. The second-order valence-electron chi connectivity index (χ2n) is 6.50. The van der Waals surface area contributed by atoms with E-state index in [4.69, 9.17) is 17.3 Å². The molecule has 3 aromatic carbocycles. The van der Waals surface area contributed by atoms with Crippen molar-refractivity contribution in [2.75, 3.05) is 22.0 Å². The topological polar surface area (TPSA) is 97.1 Å². The van der Waals surface area contributed by atoms with E-state index in [1.165, 1.54) is 0 Å². The van der Waals surface area contributed by atoms with E-state index in [0.29, 0.717) is 16.4 Å². The summed E-state index contributed by atoms with van der Waals surface area (Å²) >= 11 is 6.14. The molecule has 28 heavy (non-hydrogen) atoms. The SMILES string of the molecule is CS(=O)(=O)Nc1ccc(Nc2c3ccc(Cl)cc3nc3ccc(N)cc23)cc1. The summed E-state index contributed by atoms with van der Waals surface area (Å²) in [5, 5.41) is 5.81. The van der Waals surface area contributed by atoms with Crippen LogP contribution in [0.2, 0.25) is 5.02 Å². The summed E-state index contributed by atoms with van der Waals surface area (Å²) in [5.41, 5.74) is 10.3. The molecule has 0 saturated carbocycles. The predicted molar refractivity (Wildman–Crippen MR) is 117 cm³/mol. The van der Waals surface area contributed by atoms with Gasteiger partial charge in [0.1, 0.15) is 0 Å². The summed E-state index contributed by atoms with van der Waals surface area (Å²) in [5.74, 6) is 0. The molecule has 0 radical (unpaired) electrons. The Morgan fingerprint density at radius 1 is 0.893 bits per heavy atom. The number of nitrogens with zero attached hydrogens (tertiary/aromatic N) is 1. The molecule has 0 atom stereocenters. The minimum Gasteiger partial charge on any atom is -0.399 e. The molecule has 0 aliphatic carbocycles. The molecule has 142 valence electrons. The number of nitrogens with one attached hydrogen (secondary N) is 2. The van der Waals surface area contributed by atoms with Crippen LogP contribution in [0.5, 0.6) is 0 Å². The zero-order chi connectivity index (χ0) is 19.9. The van der Waals surface area contributed by atoms with Gasteiger partial charge in [-0.3, -0.25) is 4.72 Å². The van der Waals surface area contributed by atoms with Crippen molar-refractivity contribution in [3.05, 3.63) is 65.7 Å². The van der Waals surface area contributed by atoms with Crippen LogP contribution in [0.15, 0.2) is 60.7 Å². The summed E-state index contributed by atoms with van der Waals surface area (Å²) in [4.78, 5) is 4.68. The van der Waals surface area contributed by atoms with Gasteiger partial charge in [0.15, 0.2) is 0 Å². The first-order valence-corrected chi connectivity index (χ1v) is 10.7. The number of hydrogen-bond donors (Lipinski definition) is 3. The average molecular weight is 413 g/mol. The highest BCUT2D eigenvalue weighted by molar-refractivity contribution is 7.92. The number of nitrogen functional groups attached to an aromatic ring is 1. The molecule has 1 aromatic heterocycles. The van der Waals surface area contributed by atoms with E-state index >= 15 is 0 Å². The first-order chi connectivity index (χ1) is 13.3. The molecular weight excluding hydrogens is 396 g/mol. The fourth-order valence-corrected chi connectivity index (χ4v) is 3.78. The lowest BCUT2D eigenvalue weighted by atomic mass is 10.1. The number of halogens is 1. The van der Waals surface area contributed by atoms with Gasteiger partial charge in [-0.05, 0) is 60.7 Å². The van der Waals surface area contributed by atoms with Crippen LogP contribution in [0.3, 0.4) is 0 Å². The zero-order valence-electron chi connectivity index (χ0n) is 14.9. The number of pyridine rings is 1. The molecular formula is C20H17ClN4O2S. The van der Waals surface area contributed by atoms with Gasteiger partial charge in [-0.25, -0.2) is 13.4 Å².